The second-order valence-electron chi connectivity index (χ2n) is 8.30. The fourth-order valence-electron chi connectivity index (χ4n) is 3.36. The molecular formula is C22H28N6O3. The Morgan fingerprint density at radius 3 is 2.35 bits per heavy atom. The summed E-state index contributed by atoms with van der Waals surface area (Å²) in [4.78, 5) is 42.1. The highest BCUT2D eigenvalue weighted by atomic mass is 16.2. The second kappa shape index (κ2) is 9.03. The number of carbonyl (C=O) groups excluding carboxylic acids is 1. The van der Waals surface area contributed by atoms with Crippen LogP contribution in [-0.2, 0) is 6.54 Å². The maximum absolute atomic E-state index is 13.4. The van der Waals surface area contributed by atoms with Crippen molar-refractivity contribution in [1.29, 1.82) is 0 Å². The third-order valence-electron chi connectivity index (χ3n) is 4.71. The highest BCUT2D eigenvalue weighted by Crippen LogP contribution is 2.22. The fourth-order valence-corrected chi connectivity index (χ4v) is 3.36. The number of H-pyrrole nitrogens is 1. The van der Waals surface area contributed by atoms with E-state index in [1.165, 1.54) is 9.47 Å². The number of nitrogen functional groups attached to an aromatic ring is 1. The monoisotopic (exact) mass is 424 g/mol. The molecule has 0 spiro atoms. The van der Waals surface area contributed by atoms with Crippen LogP contribution >= 0.6 is 0 Å². The number of amides is 1. The predicted molar refractivity (Wildman–Crippen MR) is 121 cm³/mol. The lowest BCUT2D eigenvalue weighted by molar-refractivity contribution is 0.0983. The molecule has 0 aliphatic rings. The van der Waals surface area contributed by atoms with E-state index in [0.29, 0.717) is 12.1 Å². The van der Waals surface area contributed by atoms with Gasteiger partial charge in [-0.3, -0.25) is 19.1 Å². The molecule has 164 valence electrons. The van der Waals surface area contributed by atoms with Crippen LogP contribution in [0.4, 0.5) is 11.5 Å². The van der Waals surface area contributed by atoms with Crippen molar-refractivity contribution in [2.45, 2.75) is 34.2 Å². The standard InChI is InChI=1S/C22H28N6O3/c1-14(2)12-26(18-19(23)27(13-15(3)4)22(31)25-20(18)29)21(30)16-6-8-17(9-7-16)28-11-5-10-24-28/h5-11,14-15H,12-13,23H2,1-4H3,(H,25,29,31). The van der Waals surface area contributed by atoms with Gasteiger partial charge in [0.2, 0.25) is 0 Å². The van der Waals surface area contributed by atoms with E-state index in [9.17, 15) is 14.4 Å². The zero-order valence-electron chi connectivity index (χ0n) is 18.2. The molecule has 0 fully saturated rings. The molecule has 0 bridgehead atoms. The van der Waals surface area contributed by atoms with Crippen molar-refractivity contribution >= 4 is 17.4 Å². The van der Waals surface area contributed by atoms with Crippen molar-refractivity contribution < 1.29 is 4.79 Å². The molecule has 0 saturated heterocycles. The van der Waals surface area contributed by atoms with E-state index in [1.54, 1.807) is 41.3 Å². The summed E-state index contributed by atoms with van der Waals surface area (Å²) in [6.45, 7) is 8.36. The quantitative estimate of drug-likeness (QED) is 0.603. The van der Waals surface area contributed by atoms with Crippen molar-refractivity contribution in [3.05, 3.63) is 69.1 Å². The summed E-state index contributed by atoms with van der Waals surface area (Å²) in [6.07, 6.45) is 3.48. The Bertz CT molecular complexity index is 1160. The molecule has 3 aromatic rings. The molecule has 3 rings (SSSR count). The third-order valence-corrected chi connectivity index (χ3v) is 4.71. The first-order valence-corrected chi connectivity index (χ1v) is 10.2. The van der Waals surface area contributed by atoms with Crippen LogP contribution in [0, 0.1) is 11.8 Å². The molecule has 2 heterocycles. The van der Waals surface area contributed by atoms with Crippen LogP contribution in [0.15, 0.2) is 52.3 Å². The van der Waals surface area contributed by atoms with Crippen molar-refractivity contribution in [2.24, 2.45) is 11.8 Å². The zero-order chi connectivity index (χ0) is 22.7. The number of rotatable bonds is 7. The Morgan fingerprint density at radius 1 is 1.13 bits per heavy atom. The first-order chi connectivity index (χ1) is 14.7. The van der Waals surface area contributed by atoms with Gasteiger partial charge in [-0.15, -0.1) is 0 Å². The number of hydrogen-bond acceptors (Lipinski definition) is 5. The number of nitrogens with one attached hydrogen (secondary N) is 1. The molecular weight excluding hydrogens is 396 g/mol. The maximum atomic E-state index is 13.4. The van der Waals surface area contributed by atoms with Crippen LogP contribution < -0.4 is 21.9 Å². The second-order valence-corrected chi connectivity index (χ2v) is 8.30. The predicted octanol–water partition coefficient (Wildman–Crippen LogP) is 2.26. The van der Waals surface area contributed by atoms with Gasteiger partial charge in [0.15, 0.2) is 5.69 Å². The Labute approximate surface area is 180 Å². The van der Waals surface area contributed by atoms with Gasteiger partial charge in [0, 0.05) is 31.0 Å². The normalized spacial score (nSPS) is 11.3. The lowest BCUT2D eigenvalue weighted by atomic mass is 10.1. The van der Waals surface area contributed by atoms with Gasteiger partial charge in [-0.05, 0) is 42.2 Å². The SMILES string of the molecule is CC(C)CN(C(=O)c1ccc(-n2cccn2)cc1)c1c(N)n(CC(C)C)c(=O)[nH]c1=O. The van der Waals surface area contributed by atoms with E-state index in [1.807, 2.05) is 33.8 Å². The zero-order valence-corrected chi connectivity index (χ0v) is 18.2. The van der Waals surface area contributed by atoms with Gasteiger partial charge in [-0.2, -0.15) is 5.10 Å². The van der Waals surface area contributed by atoms with Gasteiger partial charge in [0.25, 0.3) is 11.5 Å². The number of carbonyl (C=O) groups is 1. The molecule has 0 radical (unpaired) electrons. The summed E-state index contributed by atoms with van der Waals surface area (Å²) in [5.41, 5.74) is 6.19. The average molecular weight is 425 g/mol. The Kier molecular flexibility index (Phi) is 6.43. The van der Waals surface area contributed by atoms with Crippen LogP contribution in [0.2, 0.25) is 0 Å². The van der Waals surface area contributed by atoms with E-state index in [2.05, 4.69) is 10.1 Å². The third kappa shape index (κ3) is 4.76. The maximum Gasteiger partial charge on any atom is 0.330 e. The molecule has 3 N–H and O–H groups in total. The van der Waals surface area contributed by atoms with Gasteiger partial charge in [0.05, 0.1) is 5.69 Å². The van der Waals surface area contributed by atoms with Crippen molar-refractivity contribution in [2.75, 3.05) is 17.2 Å². The number of aromatic amines is 1. The molecule has 0 unspecified atom stereocenters. The summed E-state index contributed by atoms with van der Waals surface area (Å²) in [6, 6.07) is 8.73. The van der Waals surface area contributed by atoms with Crippen LogP contribution in [0.25, 0.3) is 5.69 Å². The van der Waals surface area contributed by atoms with E-state index < -0.39 is 11.2 Å². The molecule has 0 atom stereocenters. The molecule has 0 aliphatic heterocycles. The minimum Gasteiger partial charge on any atom is -0.383 e. The summed E-state index contributed by atoms with van der Waals surface area (Å²) in [5, 5.41) is 4.17. The number of hydrogen-bond donors (Lipinski definition) is 2. The Balaban J connectivity index is 2.05. The molecule has 9 nitrogen and oxygen atoms in total. The lowest BCUT2D eigenvalue weighted by Crippen LogP contribution is -2.43. The first-order valence-electron chi connectivity index (χ1n) is 10.2. The van der Waals surface area contributed by atoms with E-state index in [4.69, 9.17) is 5.73 Å². The highest BCUT2D eigenvalue weighted by molar-refractivity contribution is 6.07. The van der Waals surface area contributed by atoms with Crippen molar-refractivity contribution in [3.8, 4) is 5.69 Å². The van der Waals surface area contributed by atoms with Crippen LogP contribution in [-0.4, -0.2) is 31.8 Å². The summed E-state index contributed by atoms with van der Waals surface area (Å²) >= 11 is 0. The minimum absolute atomic E-state index is 0.00453. The summed E-state index contributed by atoms with van der Waals surface area (Å²) in [7, 11) is 0. The number of nitrogens with zero attached hydrogens (tertiary/aromatic N) is 4. The topological polar surface area (TPSA) is 119 Å². The summed E-state index contributed by atoms with van der Waals surface area (Å²) < 4.78 is 2.99. The van der Waals surface area contributed by atoms with E-state index in [0.717, 1.165) is 5.69 Å². The van der Waals surface area contributed by atoms with Crippen LogP contribution in [0.5, 0.6) is 0 Å². The average Bonchev–Trinajstić information content (AvgIpc) is 3.24. The van der Waals surface area contributed by atoms with Crippen molar-refractivity contribution in [1.82, 2.24) is 19.3 Å². The summed E-state index contributed by atoms with van der Waals surface area (Å²) in [5.74, 6) is -0.184. The van der Waals surface area contributed by atoms with Gasteiger partial charge in [-0.25, -0.2) is 9.48 Å². The van der Waals surface area contributed by atoms with Crippen molar-refractivity contribution in [3.63, 3.8) is 0 Å². The smallest absolute Gasteiger partial charge is 0.330 e. The number of anilines is 2. The molecule has 0 aliphatic carbocycles. The van der Waals surface area contributed by atoms with Gasteiger partial charge in [-0.1, -0.05) is 27.7 Å². The van der Waals surface area contributed by atoms with Gasteiger partial charge < -0.3 is 10.6 Å². The number of nitrogens with two attached hydrogens (primary N) is 1. The lowest BCUT2D eigenvalue weighted by Gasteiger charge is -2.26. The molecule has 9 heteroatoms. The van der Waals surface area contributed by atoms with Crippen LogP contribution in [0.1, 0.15) is 38.1 Å². The fraction of sp³-hybridized carbons (Fsp3) is 0.364. The largest absolute Gasteiger partial charge is 0.383 e. The number of benzene rings is 1. The van der Waals surface area contributed by atoms with Gasteiger partial charge in [0.1, 0.15) is 5.82 Å². The molecule has 31 heavy (non-hydrogen) atoms. The highest BCUT2D eigenvalue weighted by Gasteiger charge is 2.26. The molecule has 1 amide bonds. The first kappa shape index (κ1) is 22.1. The molecule has 2 aromatic heterocycles. The van der Waals surface area contributed by atoms with Crippen LogP contribution in [0.3, 0.4) is 0 Å². The molecule has 0 saturated carbocycles. The number of aromatic nitrogens is 4. The van der Waals surface area contributed by atoms with E-state index in [-0.39, 0.29) is 35.8 Å². The Morgan fingerprint density at radius 2 is 1.81 bits per heavy atom. The molecule has 1 aromatic carbocycles. The minimum atomic E-state index is -0.676. The van der Waals surface area contributed by atoms with E-state index >= 15 is 0 Å². The Hall–Kier alpha value is -3.62. The van der Waals surface area contributed by atoms with Gasteiger partial charge >= 0.3 is 5.69 Å².